The van der Waals surface area contributed by atoms with Gasteiger partial charge in [-0.25, -0.2) is 4.98 Å². The van der Waals surface area contributed by atoms with Gasteiger partial charge < -0.3 is 9.64 Å². The molecule has 0 N–H and O–H groups in total. The Labute approximate surface area is 120 Å². The lowest BCUT2D eigenvalue weighted by Crippen LogP contribution is -2.29. The number of likely N-dealkylation sites (tertiary alicyclic amines) is 1. The highest BCUT2D eigenvalue weighted by Gasteiger charge is 2.33. The number of hydrogen-bond donors (Lipinski definition) is 0. The van der Waals surface area contributed by atoms with E-state index in [1.807, 2.05) is 16.6 Å². The highest BCUT2D eigenvalue weighted by Crippen LogP contribution is 2.27. The number of carbonyl (C=O) groups excluding carboxylic acids is 1. The van der Waals surface area contributed by atoms with Crippen molar-refractivity contribution in [3.05, 3.63) is 11.6 Å². The average Bonchev–Trinajstić information content (AvgIpc) is 2.90. The summed E-state index contributed by atoms with van der Waals surface area (Å²) in [6.07, 6.45) is 1.25. The number of ether oxygens (including phenoxy) is 1. The number of aryl methyl sites for hydroxylation is 1. The molecule has 0 radical (unpaired) electrons. The van der Waals surface area contributed by atoms with Crippen LogP contribution in [-0.2, 0) is 23.0 Å². The van der Waals surface area contributed by atoms with E-state index in [9.17, 15) is 4.79 Å². The smallest absolute Gasteiger partial charge is 0.223 e. The van der Waals surface area contributed by atoms with Crippen LogP contribution in [-0.4, -0.2) is 52.4 Å². The van der Waals surface area contributed by atoms with Gasteiger partial charge in [0.05, 0.1) is 6.61 Å². The lowest BCUT2D eigenvalue weighted by molar-refractivity contribution is -0.128. The highest BCUT2D eigenvalue weighted by molar-refractivity contribution is 5.79. The summed E-state index contributed by atoms with van der Waals surface area (Å²) in [5, 5.41) is 4.40. The van der Waals surface area contributed by atoms with Gasteiger partial charge in [0.15, 0.2) is 5.82 Å². The van der Waals surface area contributed by atoms with Crippen LogP contribution in [0.3, 0.4) is 0 Å². The van der Waals surface area contributed by atoms with Crippen molar-refractivity contribution in [1.82, 2.24) is 19.7 Å². The maximum Gasteiger partial charge on any atom is 0.223 e. The first-order valence-corrected chi connectivity index (χ1v) is 7.17. The summed E-state index contributed by atoms with van der Waals surface area (Å²) in [6, 6.07) is 0. The van der Waals surface area contributed by atoms with Crippen LogP contribution in [0.1, 0.15) is 37.8 Å². The molecule has 20 heavy (non-hydrogen) atoms. The van der Waals surface area contributed by atoms with Gasteiger partial charge in [-0.05, 0) is 5.92 Å². The molecule has 2 rings (SSSR count). The van der Waals surface area contributed by atoms with Crippen molar-refractivity contribution in [2.75, 3.05) is 26.8 Å². The Morgan fingerprint density at radius 2 is 2.20 bits per heavy atom. The minimum Gasteiger partial charge on any atom is -0.384 e. The highest BCUT2D eigenvalue weighted by atomic mass is 16.5. The normalized spacial score (nSPS) is 19.4. The molecule has 1 aromatic heterocycles. The van der Waals surface area contributed by atoms with E-state index in [0.717, 1.165) is 24.7 Å². The molecule has 112 valence electrons. The third-order valence-corrected chi connectivity index (χ3v) is 3.54. The number of rotatable bonds is 6. The van der Waals surface area contributed by atoms with Crippen LogP contribution in [0.5, 0.6) is 0 Å². The Balaban J connectivity index is 2.05. The zero-order chi connectivity index (χ0) is 14.7. The molecule has 0 bridgehead atoms. The minimum absolute atomic E-state index is 0.162. The summed E-state index contributed by atoms with van der Waals surface area (Å²) in [5.41, 5.74) is 0. The molecule has 1 amide bonds. The number of carbonyl (C=O) groups is 1. The Hall–Kier alpha value is -1.43. The third kappa shape index (κ3) is 3.36. The lowest BCUT2D eigenvalue weighted by Gasteiger charge is -2.18. The van der Waals surface area contributed by atoms with Gasteiger partial charge in [0.25, 0.3) is 0 Å². The Kier molecular flexibility index (Phi) is 4.75. The van der Waals surface area contributed by atoms with E-state index in [2.05, 4.69) is 23.9 Å². The van der Waals surface area contributed by atoms with Gasteiger partial charge in [-0.3, -0.25) is 9.48 Å². The largest absolute Gasteiger partial charge is 0.384 e. The zero-order valence-corrected chi connectivity index (χ0v) is 12.8. The van der Waals surface area contributed by atoms with Crippen molar-refractivity contribution in [3.8, 4) is 0 Å². The first-order chi connectivity index (χ1) is 9.51. The van der Waals surface area contributed by atoms with Crippen LogP contribution < -0.4 is 0 Å². The molecule has 1 aliphatic rings. The molecule has 0 saturated carbocycles. The van der Waals surface area contributed by atoms with Crippen LogP contribution >= 0.6 is 0 Å². The Bertz CT molecular complexity index is 470. The van der Waals surface area contributed by atoms with Gasteiger partial charge in [-0.15, -0.1) is 0 Å². The maximum atomic E-state index is 12.0. The summed E-state index contributed by atoms with van der Waals surface area (Å²) < 4.78 is 6.85. The maximum absolute atomic E-state index is 12.0. The van der Waals surface area contributed by atoms with Crippen molar-refractivity contribution in [2.24, 2.45) is 13.0 Å². The Morgan fingerprint density at radius 3 is 2.85 bits per heavy atom. The zero-order valence-electron chi connectivity index (χ0n) is 12.8. The second-order valence-corrected chi connectivity index (χ2v) is 5.85. The van der Waals surface area contributed by atoms with Crippen molar-refractivity contribution in [1.29, 1.82) is 0 Å². The van der Waals surface area contributed by atoms with Crippen LogP contribution in [0, 0.1) is 5.92 Å². The summed E-state index contributed by atoms with van der Waals surface area (Å²) in [7, 11) is 3.57. The summed E-state index contributed by atoms with van der Waals surface area (Å²) in [5.74, 6) is 2.59. The quantitative estimate of drug-likeness (QED) is 0.779. The number of amides is 1. The van der Waals surface area contributed by atoms with E-state index >= 15 is 0 Å². The second kappa shape index (κ2) is 6.35. The predicted octanol–water partition coefficient (Wildman–Crippen LogP) is 0.976. The first kappa shape index (κ1) is 15.0. The SMILES string of the molecule is COCCc1nc(C2CC(=O)N(CC(C)C)C2)n(C)n1. The van der Waals surface area contributed by atoms with E-state index in [1.165, 1.54) is 0 Å². The Morgan fingerprint density at radius 1 is 1.45 bits per heavy atom. The molecule has 6 nitrogen and oxygen atoms in total. The van der Waals surface area contributed by atoms with Gasteiger partial charge in [-0.1, -0.05) is 13.8 Å². The van der Waals surface area contributed by atoms with Gasteiger partial charge >= 0.3 is 0 Å². The van der Waals surface area contributed by atoms with Gasteiger partial charge in [0, 0.05) is 46.0 Å². The molecule has 1 aromatic rings. The summed E-state index contributed by atoms with van der Waals surface area (Å²) in [6.45, 7) is 6.46. The minimum atomic E-state index is 0.162. The van der Waals surface area contributed by atoms with Gasteiger partial charge in [-0.2, -0.15) is 5.10 Å². The van der Waals surface area contributed by atoms with E-state index in [-0.39, 0.29) is 11.8 Å². The lowest BCUT2D eigenvalue weighted by atomic mass is 10.1. The first-order valence-electron chi connectivity index (χ1n) is 7.17. The van der Waals surface area contributed by atoms with Crippen molar-refractivity contribution >= 4 is 5.91 Å². The fourth-order valence-electron chi connectivity index (χ4n) is 2.67. The summed E-state index contributed by atoms with van der Waals surface area (Å²) >= 11 is 0. The number of hydrogen-bond acceptors (Lipinski definition) is 4. The molecule has 1 fully saturated rings. The van der Waals surface area contributed by atoms with Crippen molar-refractivity contribution in [3.63, 3.8) is 0 Å². The molecule has 2 heterocycles. The molecule has 0 aliphatic carbocycles. The van der Waals surface area contributed by atoms with Crippen LogP contribution in [0.2, 0.25) is 0 Å². The predicted molar refractivity (Wildman–Crippen MR) is 75.4 cm³/mol. The van der Waals surface area contributed by atoms with E-state index in [1.54, 1.807) is 7.11 Å². The van der Waals surface area contributed by atoms with Crippen LogP contribution in [0.15, 0.2) is 0 Å². The monoisotopic (exact) mass is 280 g/mol. The van der Waals surface area contributed by atoms with Gasteiger partial charge in [0.1, 0.15) is 5.82 Å². The molecule has 1 aliphatic heterocycles. The molecule has 1 unspecified atom stereocenters. The fourth-order valence-corrected chi connectivity index (χ4v) is 2.67. The number of methoxy groups -OCH3 is 1. The molecule has 0 spiro atoms. The second-order valence-electron chi connectivity index (χ2n) is 5.85. The number of nitrogens with zero attached hydrogens (tertiary/aromatic N) is 4. The topological polar surface area (TPSA) is 60.2 Å². The molecule has 1 atom stereocenters. The third-order valence-electron chi connectivity index (χ3n) is 3.54. The van der Waals surface area contributed by atoms with E-state index < -0.39 is 0 Å². The van der Waals surface area contributed by atoms with E-state index in [4.69, 9.17) is 4.74 Å². The molecule has 6 heteroatoms. The van der Waals surface area contributed by atoms with Gasteiger partial charge in [0.2, 0.25) is 5.91 Å². The number of aromatic nitrogens is 3. The molecular formula is C14H24N4O2. The average molecular weight is 280 g/mol. The standard InChI is InChI=1S/C14H24N4O2/c1-10(2)8-18-9-11(7-13(18)19)14-15-12(5-6-20-4)16-17(14)3/h10-11H,5-9H2,1-4H3. The van der Waals surface area contributed by atoms with Crippen molar-refractivity contribution < 1.29 is 9.53 Å². The fraction of sp³-hybridized carbons (Fsp3) is 0.786. The van der Waals surface area contributed by atoms with Crippen molar-refractivity contribution in [2.45, 2.75) is 32.6 Å². The molecule has 1 saturated heterocycles. The van der Waals surface area contributed by atoms with E-state index in [0.29, 0.717) is 25.4 Å². The molecule has 0 aromatic carbocycles. The summed E-state index contributed by atoms with van der Waals surface area (Å²) in [4.78, 5) is 18.5. The van der Waals surface area contributed by atoms with Crippen LogP contribution in [0.4, 0.5) is 0 Å². The molecular weight excluding hydrogens is 256 g/mol. The van der Waals surface area contributed by atoms with Crippen LogP contribution in [0.25, 0.3) is 0 Å².